The Morgan fingerprint density at radius 2 is 2.11 bits per heavy atom. The van der Waals surface area contributed by atoms with Crippen molar-refractivity contribution in [1.29, 1.82) is 0 Å². The van der Waals surface area contributed by atoms with E-state index in [1.165, 1.54) is 6.33 Å². The van der Waals surface area contributed by atoms with Crippen molar-refractivity contribution in [1.82, 2.24) is 15.0 Å². The molecule has 1 N–H and O–H groups in total. The fourth-order valence-electron chi connectivity index (χ4n) is 1.34. The van der Waals surface area contributed by atoms with E-state index in [-0.39, 0.29) is 0 Å². The van der Waals surface area contributed by atoms with Gasteiger partial charge in [0.15, 0.2) is 0 Å². The average molecular weight is 309 g/mol. The molecule has 0 unspecified atom stereocenters. The number of nitrogens with zero attached hydrogens (tertiary/aromatic N) is 3. The van der Waals surface area contributed by atoms with Gasteiger partial charge in [-0.3, -0.25) is 4.98 Å². The van der Waals surface area contributed by atoms with E-state index in [1.807, 2.05) is 26.0 Å². The van der Waals surface area contributed by atoms with Crippen molar-refractivity contribution in [3.63, 3.8) is 0 Å². The minimum atomic E-state index is 0.464. The van der Waals surface area contributed by atoms with Gasteiger partial charge < -0.3 is 10.1 Å². The number of anilines is 1. The summed E-state index contributed by atoms with van der Waals surface area (Å²) in [5.74, 6) is 1.82. The number of nitrogens with one attached hydrogen (secondary N) is 1. The molecule has 0 aliphatic rings. The van der Waals surface area contributed by atoms with Crippen LogP contribution in [-0.4, -0.2) is 21.5 Å². The molecule has 6 heteroatoms. The van der Waals surface area contributed by atoms with Crippen LogP contribution in [0, 0.1) is 6.92 Å². The van der Waals surface area contributed by atoms with E-state index in [2.05, 4.69) is 36.2 Å². The molecule has 5 nitrogen and oxygen atoms in total. The Morgan fingerprint density at radius 1 is 1.28 bits per heavy atom. The third kappa shape index (κ3) is 2.95. The van der Waals surface area contributed by atoms with E-state index >= 15 is 0 Å². The summed E-state index contributed by atoms with van der Waals surface area (Å²) in [6.07, 6.45) is 3.12. The SMILES string of the molecule is CCNc1ncnc(Oc2ccc(C)nc2)c1Br. The molecule has 2 heterocycles. The zero-order chi connectivity index (χ0) is 13.0. The van der Waals surface area contributed by atoms with E-state index in [1.54, 1.807) is 6.20 Å². The van der Waals surface area contributed by atoms with Gasteiger partial charge in [0.2, 0.25) is 5.88 Å². The number of ether oxygens (including phenoxy) is 1. The fraction of sp³-hybridized carbons (Fsp3) is 0.250. The number of rotatable bonds is 4. The lowest BCUT2D eigenvalue weighted by atomic mass is 10.4. The normalized spacial score (nSPS) is 10.2. The molecule has 0 saturated heterocycles. The van der Waals surface area contributed by atoms with Crippen molar-refractivity contribution in [2.45, 2.75) is 13.8 Å². The second-order valence-electron chi connectivity index (χ2n) is 3.61. The number of pyridine rings is 1. The largest absolute Gasteiger partial charge is 0.436 e. The summed E-state index contributed by atoms with van der Waals surface area (Å²) in [5, 5.41) is 3.12. The molecule has 2 aromatic rings. The molecule has 0 radical (unpaired) electrons. The predicted octanol–water partition coefficient (Wildman–Crippen LogP) is 3.17. The molecule has 0 aliphatic carbocycles. The van der Waals surface area contributed by atoms with E-state index in [0.29, 0.717) is 21.9 Å². The van der Waals surface area contributed by atoms with E-state index in [0.717, 1.165) is 12.2 Å². The molecule has 94 valence electrons. The van der Waals surface area contributed by atoms with Crippen LogP contribution in [0.5, 0.6) is 11.6 Å². The van der Waals surface area contributed by atoms with Crippen molar-refractivity contribution in [2.75, 3.05) is 11.9 Å². The summed E-state index contributed by atoms with van der Waals surface area (Å²) in [7, 11) is 0. The zero-order valence-electron chi connectivity index (χ0n) is 10.1. The molecule has 2 rings (SSSR count). The first-order valence-corrected chi connectivity index (χ1v) is 6.35. The van der Waals surface area contributed by atoms with E-state index in [9.17, 15) is 0 Å². The molecule has 0 aliphatic heterocycles. The summed E-state index contributed by atoms with van der Waals surface area (Å²) in [4.78, 5) is 12.4. The van der Waals surface area contributed by atoms with Crippen LogP contribution in [-0.2, 0) is 0 Å². The van der Waals surface area contributed by atoms with Gasteiger partial charge in [0.25, 0.3) is 0 Å². The maximum absolute atomic E-state index is 5.65. The van der Waals surface area contributed by atoms with Crippen LogP contribution >= 0.6 is 15.9 Å². The molecule has 0 bridgehead atoms. The molecule has 18 heavy (non-hydrogen) atoms. The lowest BCUT2D eigenvalue weighted by Crippen LogP contribution is -2.02. The van der Waals surface area contributed by atoms with Crippen molar-refractivity contribution >= 4 is 21.7 Å². The second kappa shape index (κ2) is 5.77. The third-order valence-electron chi connectivity index (χ3n) is 2.20. The van der Waals surface area contributed by atoms with Crippen LogP contribution in [0.1, 0.15) is 12.6 Å². The van der Waals surface area contributed by atoms with Crippen LogP contribution in [0.15, 0.2) is 29.1 Å². The number of hydrogen-bond acceptors (Lipinski definition) is 5. The van der Waals surface area contributed by atoms with Gasteiger partial charge in [-0.2, -0.15) is 0 Å². The minimum Gasteiger partial charge on any atom is -0.436 e. The molecule has 0 amide bonds. The highest BCUT2D eigenvalue weighted by atomic mass is 79.9. The van der Waals surface area contributed by atoms with Crippen molar-refractivity contribution < 1.29 is 4.74 Å². The number of aromatic nitrogens is 3. The Morgan fingerprint density at radius 3 is 2.78 bits per heavy atom. The third-order valence-corrected chi connectivity index (χ3v) is 2.92. The lowest BCUT2D eigenvalue weighted by molar-refractivity contribution is 0.456. The molecule has 2 aromatic heterocycles. The summed E-state index contributed by atoms with van der Waals surface area (Å²) in [5.41, 5.74) is 0.942. The second-order valence-corrected chi connectivity index (χ2v) is 4.40. The van der Waals surface area contributed by atoms with Crippen molar-refractivity contribution in [3.8, 4) is 11.6 Å². The van der Waals surface area contributed by atoms with Crippen LogP contribution < -0.4 is 10.1 Å². The molecular weight excluding hydrogens is 296 g/mol. The van der Waals surface area contributed by atoms with Crippen LogP contribution in [0.4, 0.5) is 5.82 Å². The maximum Gasteiger partial charge on any atom is 0.238 e. The van der Waals surface area contributed by atoms with Crippen LogP contribution in [0.3, 0.4) is 0 Å². The summed E-state index contributed by atoms with van der Waals surface area (Å²) < 4.78 is 6.35. The first-order valence-electron chi connectivity index (χ1n) is 5.55. The summed E-state index contributed by atoms with van der Waals surface area (Å²) >= 11 is 3.42. The van der Waals surface area contributed by atoms with E-state index in [4.69, 9.17) is 4.74 Å². The van der Waals surface area contributed by atoms with Gasteiger partial charge in [0, 0.05) is 12.2 Å². The average Bonchev–Trinajstić information content (AvgIpc) is 2.37. The quantitative estimate of drug-likeness (QED) is 0.940. The molecule has 0 atom stereocenters. The highest BCUT2D eigenvalue weighted by molar-refractivity contribution is 9.10. The van der Waals surface area contributed by atoms with E-state index < -0.39 is 0 Å². The number of halogens is 1. The lowest BCUT2D eigenvalue weighted by Gasteiger charge is -2.09. The zero-order valence-corrected chi connectivity index (χ0v) is 11.7. The Kier molecular flexibility index (Phi) is 4.09. The minimum absolute atomic E-state index is 0.464. The molecule has 0 aromatic carbocycles. The maximum atomic E-state index is 5.65. The van der Waals surface area contributed by atoms with Gasteiger partial charge in [-0.05, 0) is 41.9 Å². The Hall–Kier alpha value is -1.69. The Labute approximate surface area is 114 Å². The highest BCUT2D eigenvalue weighted by Crippen LogP contribution is 2.31. The Balaban J connectivity index is 2.23. The van der Waals surface area contributed by atoms with Gasteiger partial charge in [0.05, 0.1) is 6.20 Å². The van der Waals surface area contributed by atoms with Crippen LogP contribution in [0.2, 0.25) is 0 Å². The first kappa shape index (κ1) is 12.8. The van der Waals surface area contributed by atoms with Gasteiger partial charge in [-0.1, -0.05) is 0 Å². The number of aryl methyl sites for hydroxylation is 1. The van der Waals surface area contributed by atoms with Gasteiger partial charge >= 0.3 is 0 Å². The highest BCUT2D eigenvalue weighted by Gasteiger charge is 2.10. The summed E-state index contributed by atoms with van der Waals surface area (Å²) in [6.45, 7) is 4.70. The smallest absolute Gasteiger partial charge is 0.238 e. The standard InChI is InChI=1S/C12H13BrN4O/c1-3-14-11-10(13)12(17-7-16-11)18-9-5-4-8(2)15-6-9/h4-7H,3H2,1-2H3,(H,14,16,17). The van der Waals surface area contributed by atoms with Gasteiger partial charge in [0.1, 0.15) is 22.4 Å². The van der Waals surface area contributed by atoms with Gasteiger partial charge in [-0.15, -0.1) is 0 Å². The van der Waals surface area contributed by atoms with Gasteiger partial charge in [-0.25, -0.2) is 9.97 Å². The predicted molar refractivity (Wildman–Crippen MR) is 72.9 cm³/mol. The fourth-order valence-corrected chi connectivity index (χ4v) is 1.77. The molecule has 0 fully saturated rings. The monoisotopic (exact) mass is 308 g/mol. The first-order chi connectivity index (χ1) is 8.70. The van der Waals surface area contributed by atoms with Crippen LogP contribution in [0.25, 0.3) is 0 Å². The molecule has 0 saturated carbocycles. The number of hydrogen-bond donors (Lipinski definition) is 1. The topological polar surface area (TPSA) is 59.9 Å². The van der Waals surface area contributed by atoms with Crippen molar-refractivity contribution in [2.24, 2.45) is 0 Å². The molecule has 0 spiro atoms. The Bertz CT molecular complexity index is 530. The van der Waals surface area contributed by atoms with Crippen molar-refractivity contribution in [3.05, 3.63) is 34.8 Å². The molecular formula is C12H13BrN4O. The summed E-state index contributed by atoms with van der Waals surface area (Å²) in [6, 6.07) is 3.74.